The molecule has 0 fully saturated rings. The molecule has 1 aromatic carbocycles. The quantitative estimate of drug-likeness (QED) is 0.850. The Kier molecular flexibility index (Phi) is 5.07. The van der Waals surface area contributed by atoms with Gasteiger partial charge in [0.2, 0.25) is 0 Å². The molecular weight excluding hydrogens is 339 g/mol. The van der Waals surface area contributed by atoms with Gasteiger partial charge < -0.3 is 10.1 Å². The lowest BCUT2D eigenvalue weighted by molar-refractivity contribution is -0.137. The number of rotatable bonds is 2. The van der Waals surface area contributed by atoms with Crippen LogP contribution in [0.1, 0.15) is 31.9 Å². The van der Waals surface area contributed by atoms with E-state index in [-0.39, 0.29) is 6.54 Å². The van der Waals surface area contributed by atoms with Gasteiger partial charge in [-0.15, -0.1) is 0 Å². The van der Waals surface area contributed by atoms with Crippen molar-refractivity contribution in [2.75, 3.05) is 0 Å². The van der Waals surface area contributed by atoms with Crippen LogP contribution in [0.15, 0.2) is 22.7 Å². The number of alkyl carbamates (subject to hydrolysis) is 1. The van der Waals surface area contributed by atoms with E-state index < -0.39 is 23.4 Å². The van der Waals surface area contributed by atoms with Gasteiger partial charge in [0.25, 0.3) is 0 Å². The van der Waals surface area contributed by atoms with Crippen molar-refractivity contribution >= 4 is 22.0 Å². The Labute approximate surface area is 123 Å². The van der Waals surface area contributed by atoms with Crippen LogP contribution < -0.4 is 5.32 Å². The lowest BCUT2D eigenvalue weighted by Crippen LogP contribution is -2.32. The Morgan fingerprint density at radius 2 is 1.85 bits per heavy atom. The maximum atomic E-state index is 12.6. The number of hydrogen-bond acceptors (Lipinski definition) is 2. The van der Waals surface area contributed by atoms with Crippen LogP contribution in [0.5, 0.6) is 0 Å². The van der Waals surface area contributed by atoms with E-state index in [4.69, 9.17) is 4.74 Å². The number of benzene rings is 1. The van der Waals surface area contributed by atoms with Gasteiger partial charge in [0.1, 0.15) is 5.60 Å². The number of alkyl halides is 3. The predicted octanol–water partition coefficient (Wildman–Crippen LogP) is 4.49. The highest BCUT2D eigenvalue weighted by molar-refractivity contribution is 9.10. The first-order valence-corrected chi connectivity index (χ1v) is 6.60. The van der Waals surface area contributed by atoms with E-state index in [1.54, 1.807) is 20.8 Å². The van der Waals surface area contributed by atoms with Crippen LogP contribution >= 0.6 is 15.9 Å². The SMILES string of the molecule is CC(C)(C)OC(=O)NCc1cc(Br)cc(C(F)(F)F)c1. The molecule has 0 bridgehead atoms. The fourth-order valence-corrected chi connectivity index (χ4v) is 1.95. The van der Waals surface area contributed by atoms with Crippen molar-refractivity contribution in [3.63, 3.8) is 0 Å². The zero-order valence-corrected chi connectivity index (χ0v) is 12.9. The maximum absolute atomic E-state index is 12.6. The molecule has 7 heteroatoms. The molecule has 0 heterocycles. The number of hydrogen-bond donors (Lipinski definition) is 1. The van der Waals surface area contributed by atoms with Gasteiger partial charge in [-0.2, -0.15) is 13.2 Å². The molecule has 112 valence electrons. The molecular formula is C13H15BrF3NO2. The molecule has 0 saturated carbocycles. The summed E-state index contributed by atoms with van der Waals surface area (Å²) in [5, 5.41) is 2.41. The summed E-state index contributed by atoms with van der Waals surface area (Å²) in [5.74, 6) is 0. The van der Waals surface area contributed by atoms with Gasteiger partial charge in [0, 0.05) is 11.0 Å². The van der Waals surface area contributed by atoms with Crippen molar-refractivity contribution in [3.8, 4) is 0 Å². The highest BCUT2D eigenvalue weighted by Crippen LogP contribution is 2.32. The van der Waals surface area contributed by atoms with E-state index in [9.17, 15) is 18.0 Å². The summed E-state index contributed by atoms with van der Waals surface area (Å²) in [5.41, 5.74) is -1.09. The molecule has 1 aromatic rings. The topological polar surface area (TPSA) is 38.3 Å². The summed E-state index contributed by atoms with van der Waals surface area (Å²) < 4.78 is 43.2. The van der Waals surface area contributed by atoms with Gasteiger partial charge in [0.15, 0.2) is 0 Å². The Hall–Kier alpha value is -1.24. The number of halogens is 4. The monoisotopic (exact) mass is 353 g/mol. The molecule has 0 unspecified atom stereocenters. The van der Waals surface area contributed by atoms with Crippen LogP contribution in [0.4, 0.5) is 18.0 Å². The molecule has 0 aliphatic carbocycles. The molecule has 0 aliphatic heterocycles. The van der Waals surface area contributed by atoms with E-state index in [2.05, 4.69) is 21.2 Å². The number of nitrogens with one attached hydrogen (secondary N) is 1. The first-order chi connectivity index (χ1) is 8.97. The average molecular weight is 354 g/mol. The fourth-order valence-electron chi connectivity index (χ4n) is 1.40. The second-order valence-corrected chi connectivity index (χ2v) is 6.12. The van der Waals surface area contributed by atoms with Crippen molar-refractivity contribution in [2.24, 2.45) is 0 Å². The third kappa shape index (κ3) is 5.81. The van der Waals surface area contributed by atoms with Crippen LogP contribution in [0, 0.1) is 0 Å². The molecule has 1 amide bonds. The highest BCUT2D eigenvalue weighted by Gasteiger charge is 2.31. The number of ether oxygens (including phenoxy) is 1. The molecule has 0 spiro atoms. The minimum absolute atomic E-state index is 0.0442. The van der Waals surface area contributed by atoms with Gasteiger partial charge in [-0.1, -0.05) is 15.9 Å². The van der Waals surface area contributed by atoms with Gasteiger partial charge >= 0.3 is 12.3 Å². The van der Waals surface area contributed by atoms with Crippen molar-refractivity contribution in [2.45, 2.75) is 39.1 Å². The summed E-state index contributed by atoms with van der Waals surface area (Å²) in [7, 11) is 0. The second-order valence-electron chi connectivity index (χ2n) is 5.20. The zero-order chi connectivity index (χ0) is 15.6. The summed E-state index contributed by atoms with van der Waals surface area (Å²) in [6, 6.07) is 3.48. The largest absolute Gasteiger partial charge is 0.444 e. The maximum Gasteiger partial charge on any atom is 0.416 e. The molecule has 1 rings (SSSR count). The Morgan fingerprint density at radius 3 is 2.35 bits per heavy atom. The van der Waals surface area contributed by atoms with Crippen molar-refractivity contribution in [3.05, 3.63) is 33.8 Å². The second kappa shape index (κ2) is 6.03. The van der Waals surface area contributed by atoms with Crippen molar-refractivity contribution < 1.29 is 22.7 Å². The molecule has 0 atom stereocenters. The summed E-state index contributed by atoms with van der Waals surface area (Å²) in [6.07, 6.45) is -5.10. The van der Waals surface area contributed by atoms with E-state index in [1.165, 1.54) is 6.07 Å². The predicted molar refractivity (Wildman–Crippen MR) is 72.2 cm³/mol. The number of carbonyl (C=O) groups excluding carboxylic acids is 1. The Balaban J connectivity index is 2.74. The summed E-state index contributed by atoms with van der Waals surface area (Å²) in [6.45, 7) is 5.06. The van der Waals surface area contributed by atoms with Crippen molar-refractivity contribution in [1.82, 2.24) is 5.32 Å². The van der Waals surface area contributed by atoms with Crippen LogP contribution in [-0.4, -0.2) is 11.7 Å². The minimum atomic E-state index is -4.43. The third-order valence-corrected chi connectivity index (χ3v) is 2.58. The smallest absolute Gasteiger partial charge is 0.416 e. The van der Waals surface area contributed by atoms with E-state index >= 15 is 0 Å². The first-order valence-electron chi connectivity index (χ1n) is 5.81. The van der Waals surface area contributed by atoms with Gasteiger partial charge in [-0.3, -0.25) is 0 Å². The van der Waals surface area contributed by atoms with Crippen LogP contribution in [-0.2, 0) is 17.5 Å². The summed E-state index contributed by atoms with van der Waals surface area (Å²) in [4.78, 5) is 11.4. The van der Waals surface area contributed by atoms with Gasteiger partial charge in [0.05, 0.1) is 5.56 Å². The standard InChI is InChI=1S/C13H15BrF3NO2/c1-12(2,3)20-11(19)18-7-8-4-9(13(15,16)17)6-10(14)5-8/h4-6H,7H2,1-3H3,(H,18,19). The highest BCUT2D eigenvalue weighted by atomic mass is 79.9. The zero-order valence-electron chi connectivity index (χ0n) is 11.3. The van der Waals surface area contributed by atoms with E-state index in [0.29, 0.717) is 10.0 Å². The normalized spacial score (nSPS) is 12.2. The van der Waals surface area contributed by atoms with E-state index in [0.717, 1.165) is 12.1 Å². The molecule has 1 N–H and O–H groups in total. The fraction of sp³-hybridized carbons (Fsp3) is 0.462. The number of amides is 1. The van der Waals surface area contributed by atoms with Crippen LogP contribution in [0.3, 0.4) is 0 Å². The van der Waals surface area contributed by atoms with Gasteiger partial charge in [-0.25, -0.2) is 4.79 Å². The van der Waals surface area contributed by atoms with Crippen LogP contribution in [0.2, 0.25) is 0 Å². The minimum Gasteiger partial charge on any atom is -0.444 e. The lowest BCUT2D eigenvalue weighted by Gasteiger charge is -2.19. The molecule has 0 aliphatic rings. The Morgan fingerprint density at radius 1 is 1.25 bits per heavy atom. The van der Waals surface area contributed by atoms with Crippen LogP contribution in [0.25, 0.3) is 0 Å². The molecule has 20 heavy (non-hydrogen) atoms. The molecule has 0 saturated heterocycles. The lowest BCUT2D eigenvalue weighted by atomic mass is 10.1. The Bertz CT molecular complexity index is 495. The third-order valence-electron chi connectivity index (χ3n) is 2.12. The van der Waals surface area contributed by atoms with E-state index in [1.807, 2.05) is 0 Å². The first kappa shape index (κ1) is 16.8. The molecule has 0 aromatic heterocycles. The van der Waals surface area contributed by atoms with Gasteiger partial charge in [-0.05, 0) is 44.5 Å². The average Bonchev–Trinajstić information content (AvgIpc) is 2.22. The number of carbonyl (C=O) groups is 1. The summed E-state index contributed by atoms with van der Waals surface area (Å²) >= 11 is 3.02. The molecule has 3 nitrogen and oxygen atoms in total. The molecule has 0 radical (unpaired) electrons. The van der Waals surface area contributed by atoms with Crippen molar-refractivity contribution in [1.29, 1.82) is 0 Å².